The third-order valence-corrected chi connectivity index (χ3v) is 4.71. The van der Waals surface area contributed by atoms with Crippen molar-refractivity contribution in [3.05, 3.63) is 84.8 Å². The van der Waals surface area contributed by atoms with Crippen molar-refractivity contribution in [2.45, 2.75) is 6.18 Å². The number of halogens is 3. The second kappa shape index (κ2) is 10.1. The lowest BCUT2D eigenvalue weighted by molar-refractivity contribution is -0.137. The molecular formula is C24H19F3N6O2. The number of hydrogen-bond donors (Lipinski definition) is 3. The Morgan fingerprint density at radius 1 is 0.886 bits per heavy atom. The van der Waals surface area contributed by atoms with Crippen LogP contribution in [0.25, 0.3) is 11.3 Å². The molecule has 0 aliphatic heterocycles. The molecule has 0 fully saturated rings. The van der Waals surface area contributed by atoms with Gasteiger partial charge in [-0.2, -0.15) is 13.2 Å². The third-order valence-electron chi connectivity index (χ3n) is 4.71. The minimum Gasteiger partial charge on any atom is -0.439 e. The number of urea groups is 1. The molecule has 2 aromatic heterocycles. The van der Waals surface area contributed by atoms with E-state index < -0.39 is 17.8 Å². The van der Waals surface area contributed by atoms with E-state index in [1.54, 1.807) is 55.6 Å². The van der Waals surface area contributed by atoms with Crippen molar-refractivity contribution in [2.75, 3.05) is 23.0 Å². The smallest absolute Gasteiger partial charge is 0.416 e. The van der Waals surface area contributed by atoms with Crippen molar-refractivity contribution in [1.29, 1.82) is 0 Å². The number of rotatable bonds is 6. The zero-order valence-corrected chi connectivity index (χ0v) is 18.3. The molecule has 3 N–H and O–H groups in total. The van der Waals surface area contributed by atoms with Gasteiger partial charge in [0.1, 0.15) is 17.9 Å². The molecule has 35 heavy (non-hydrogen) atoms. The lowest BCUT2D eigenvalue weighted by atomic mass is 10.1. The van der Waals surface area contributed by atoms with Crippen LogP contribution in [0.2, 0.25) is 0 Å². The quantitative estimate of drug-likeness (QED) is 0.311. The summed E-state index contributed by atoms with van der Waals surface area (Å²) in [6.45, 7) is 0. The van der Waals surface area contributed by atoms with E-state index in [-0.39, 0.29) is 11.3 Å². The van der Waals surface area contributed by atoms with E-state index in [4.69, 9.17) is 4.74 Å². The zero-order valence-electron chi connectivity index (χ0n) is 18.3. The van der Waals surface area contributed by atoms with Gasteiger partial charge in [0.25, 0.3) is 0 Å². The highest BCUT2D eigenvalue weighted by molar-refractivity contribution is 6.00. The highest BCUT2D eigenvalue weighted by Gasteiger charge is 2.31. The van der Waals surface area contributed by atoms with E-state index in [2.05, 4.69) is 30.9 Å². The number of carbonyl (C=O) groups is 1. The summed E-state index contributed by atoms with van der Waals surface area (Å²) in [5.41, 5.74) is 0.0579. The summed E-state index contributed by atoms with van der Waals surface area (Å²) in [4.78, 5) is 24.6. The topological polar surface area (TPSA) is 101 Å². The first kappa shape index (κ1) is 23.5. The van der Waals surface area contributed by atoms with Gasteiger partial charge in [-0.25, -0.2) is 14.8 Å². The second-order valence-corrected chi connectivity index (χ2v) is 7.21. The molecular weight excluding hydrogens is 461 g/mol. The number of nitrogens with one attached hydrogen (secondary N) is 3. The van der Waals surface area contributed by atoms with Crippen molar-refractivity contribution >= 4 is 23.2 Å². The van der Waals surface area contributed by atoms with Crippen LogP contribution >= 0.6 is 0 Å². The van der Waals surface area contributed by atoms with Gasteiger partial charge in [-0.05, 0) is 54.6 Å². The van der Waals surface area contributed by atoms with Gasteiger partial charge in [-0.3, -0.25) is 4.98 Å². The first-order chi connectivity index (χ1) is 16.8. The molecule has 4 rings (SSSR count). The van der Waals surface area contributed by atoms with Crippen LogP contribution in [-0.4, -0.2) is 28.0 Å². The number of alkyl halides is 3. The van der Waals surface area contributed by atoms with Crippen LogP contribution in [0.3, 0.4) is 0 Å². The Bertz CT molecular complexity index is 1320. The average molecular weight is 480 g/mol. The molecule has 0 saturated carbocycles. The van der Waals surface area contributed by atoms with Crippen LogP contribution in [0.4, 0.5) is 35.2 Å². The molecule has 11 heteroatoms. The molecule has 0 radical (unpaired) electrons. The number of nitrogens with zero attached hydrogens (tertiary/aromatic N) is 3. The number of ether oxygens (including phenoxy) is 1. The molecule has 0 unspecified atom stereocenters. The Balaban J connectivity index is 1.46. The van der Waals surface area contributed by atoms with E-state index in [0.717, 1.165) is 12.1 Å². The standard InChI is InChI=1S/C24H19F3N6O2/c1-28-21-13-22(31-14-30-21)35-19-7-5-17(6-8-19)32-23(34)33-18-11-15(20-4-2-3-9-29-20)10-16(12-18)24(25,26)27/h2-14H,1H3,(H,28,30,31)(H2,32,33,34). The van der Waals surface area contributed by atoms with Crippen molar-refractivity contribution in [2.24, 2.45) is 0 Å². The second-order valence-electron chi connectivity index (χ2n) is 7.21. The maximum atomic E-state index is 13.4. The lowest BCUT2D eigenvalue weighted by Gasteiger charge is -2.14. The lowest BCUT2D eigenvalue weighted by Crippen LogP contribution is -2.20. The summed E-state index contributed by atoms with van der Waals surface area (Å²) in [5, 5.41) is 7.90. The largest absolute Gasteiger partial charge is 0.439 e. The molecule has 8 nitrogen and oxygen atoms in total. The van der Waals surface area contributed by atoms with E-state index in [0.29, 0.717) is 28.8 Å². The number of anilines is 3. The molecule has 0 aliphatic rings. The summed E-state index contributed by atoms with van der Waals surface area (Å²) in [6.07, 6.45) is -1.76. The van der Waals surface area contributed by atoms with Crippen LogP contribution in [0.5, 0.6) is 11.6 Å². The molecule has 178 valence electrons. The number of carbonyl (C=O) groups excluding carboxylic acids is 1. The predicted molar refractivity (Wildman–Crippen MR) is 125 cm³/mol. The Labute approximate surface area is 198 Å². The molecule has 0 atom stereocenters. The summed E-state index contributed by atoms with van der Waals surface area (Å²) in [5.74, 6) is 1.39. The Morgan fingerprint density at radius 3 is 2.34 bits per heavy atom. The van der Waals surface area contributed by atoms with E-state index in [1.165, 1.54) is 18.6 Å². The fraction of sp³-hybridized carbons (Fsp3) is 0.0833. The first-order valence-electron chi connectivity index (χ1n) is 10.3. The van der Waals surface area contributed by atoms with E-state index in [1.807, 2.05) is 0 Å². The van der Waals surface area contributed by atoms with Gasteiger partial charge in [0.2, 0.25) is 5.88 Å². The third kappa shape index (κ3) is 6.22. The van der Waals surface area contributed by atoms with Crippen LogP contribution in [-0.2, 0) is 6.18 Å². The van der Waals surface area contributed by atoms with Gasteiger partial charge in [-0.1, -0.05) is 6.07 Å². The van der Waals surface area contributed by atoms with Crippen molar-refractivity contribution in [1.82, 2.24) is 15.0 Å². The van der Waals surface area contributed by atoms with Gasteiger partial charge in [0.05, 0.1) is 11.3 Å². The highest BCUT2D eigenvalue weighted by atomic mass is 19.4. The highest BCUT2D eigenvalue weighted by Crippen LogP contribution is 2.34. The predicted octanol–water partition coefficient (Wildman–Crippen LogP) is 6.04. The van der Waals surface area contributed by atoms with Crippen molar-refractivity contribution in [3.63, 3.8) is 0 Å². The van der Waals surface area contributed by atoms with Crippen LogP contribution in [0, 0.1) is 0 Å². The van der Waals surface area contributed by atoms with Crippen LogP contribution < -0.4 is 20.7 Å². The molecule has 2 heterocycles. The van der Waals surface area contributed by atoms with Gasteiger partial charge >= 0.3 is 12.2 Å². The summed E-state index contributed by atoms with van der Waals surface area (Å²) in [6, 6.07) is 15.5. The zero-order chi connectivity index (χ0) is 24.8. The summed E-state index contributed by atoms with van der Waals surface area (Å²) in [7, 11) is 1.72. The Morgan fingerprint density at radius 2 is 1.66 bits per heavy atom. The summed E-state index contributed by atoms with van der Waals surface area (Å²) < 4.78 is 45.9. The number of amides is 2. The van der Waals surface area contributed by atoms with Gasteiger partial charge in [0, 0.05) is 36.2 Å². The molecule has 0 bridgehead atoms. The summed E-state index contributed by atoms with van der Waals surface area (Å²) >= 11 is 0. The fourth-order valence-electron chi connectivity index (χ4n) is 3.10. The van der Waals surface area contributed by atoms with Crippen LogP contribution in [0.15, 0.2) is 79.3 Å². The maximum Gasteiger partial charge on any atom is 0.416 e. The number of pyridine rings is 1. The molecule has 2 aromatic carbocycles. The average Bonchev–Trinajstić information content (AvgIpc) is 2.85. The van der Waals surface area contributed by atoms with E-state index in [9.17, 15) is 18.0 Å². The van der Waals surface area contributed by atoms with Crippen molar-refractivity contribution in [3.8, 4) is 22.9 Å². The van der Waals surface area contributed by atoms with Gasteiger partial charge < -0.3 is 20.7 Å². The molecule has 2 amide bonds. The van der Waals surface area contributed by atoms with E-state index >= 15 is 0 Å². The molecule has 0 aliphatic carbocycles. The number of benzene rings is 2. The molecule has 0 saturated heterocycles. The molecule has 4 aromatic rings. The Hall–Kier alpha value is -4.67. The first-order valence-corrected chi connectivity index (χ1v) is 10.3. The monoisotopic (exact) mass is 480 g/mol. The SMILES string of the molecule is CNc1cc(Oc2ccc(NC(=O)Nc3cc(-c4ccccn4)cc(C(F)(F)F)c3)cc2)ncn1. The minimum atomic E-state index is -4.59. The Kier molecular flexibility index (Phi) is 6.76. The van der Waals surface area contributed by atoms with Crippen LogP contribution in [0.1, 0.15) is 5.56 Å². The maximum absolute atomic E-state index is 13.4. The fourth-order valence-corrected chi connectivity index (χ4v) is 3.10. The van der Waals surface area contributed by atoms with Crippen molar-refractivity contribution < 1.29 is 22.7 Å². The van der Waals surface area contributed by atoms with Gasteiger partial charge in [-0.15, -0.1) is 0 Å². The van der Waals surface area contributed by atoms with Gasteiger partial charge in [0.15, 0.2) is 0 Å². The minimum absolute atomic E-state index is 0.0259. The molecule has 0 spiro atoms. The normalized spacial score (nSPS) is 11.0. The number of aromatic nitrogens is 3. The number of hydrogen-bond acceptors (Lipinski definition) is 6.